The molecule has 0 radical (unpaired) electrons. The lowest BCUT2D eigenvalue weighted by atomic mass is 10.1. The summed E-state index contributed by atoms with van der Waals surface area (Å²) in [5.74, 6) is 0.841. The lowest BCUT2D eigenvalue weighted by molar-refractivity contribution is 0.303. The summed E-state index contributed by atoms with van der Waals surface area (Å²) in [6.07, 6.45) is 9.46. The molecule has 0 bridgehead atoms. The van der Waals surface area contributed by atoms with Gasteiger partial charge in [0.15, 0.2) is 0 Å². The molecule has 3 heteroatoms. The van der Waals surface area contributed by atoms with Gasteiger partial charge in [0.2, 0.25) is 0 Å². The number of ether oxygens (including phenoxy) is 1. The van der Waals surface area contributed by atoms with Crippen molar-refractivity contribution in [2.24, 2.45) is 5.73 Å². The number of unbranched alkanes of at least 4 members (excludes halogenated alkanes) is 5. The predicted octanol–water partition coefficient (Wildman–Crippen LogP) is 3.84. The van der Waals surface area contributed by atoms with Crippen LogP contribution in [-0.4, -0.2) is 11.6 Å². The lowest BCUT2D eigenvalue weighted by Crippen LogP contribution is -2.07. The van der Waals surface area contributed by atoms with Gasteiger partial charge in [0.25, 0.3) is 0 Å². The largest absolute Gasteiger partial charge is 0.492 e. The molecule has 3 nitrogen and oxygen atoms in total. The van der Waals surface area contributed by atoms with E-state index in [1.165, 1.54) is 32.1 Å². The van der Waals surface area contributed by atoms with Gasteiger partial charge < -0.3 is 10.5 Å². The summed E-state index contributed by atoms with van der Waals surface area (Å²) >= 11 is 0. The predicted molar refractivity (Wildman–Crippen MR) is 75.7 cm³/mol. The lowest BCUT2D eigenvalue weighted by Gasteiger charge is -2.08. The van der Waals surface area contributed by atoms with Crippen LogP contribution in [0, 0.1) is 0 Å². The summed E-state index contributed by atoms with van der Waals surface area (Å²) in [5.41, 5.74) is 6.64. The Hall–Kier alpha value is -1.09. The quantitative estimate of drug-likeness (QED) is 0.677. The minimum Gasteiger partial charge on any atom is -0.492 e. The first-order valence-electron chi connectivity index (χ1n) is 7.08. The number of nitrogens with two attached hydrogens (primary N) is 1. The van der Waals surface area contributed by atoms with Gasteiger partial charge in [-0.15, -0.1) is 0 Å². The smallest absolute Gasteiger partial charge is 0.137 e. The Labute approximate surface area is 111 Å². The topological polar surface area (TPSA) is 48.1 Å². The van der Waals surface area contributed by atoms with Crippen LogP contribution < -0.4 is 10.5 Å². The van der Waals surface area contributed by atoms with Gasteiger partial charge in [-0.2, -0.15) is 0 Å². The van der Waals surface area contributed by atoms with Crippen LogP contribution in [0.5, 0.6) is 5.75 Å². The maximum atomic E-state index is 5.74. The molecule has 0 aliphatic carbocycles. The van der Waals surface area contributed by atoms with Crippen LogP contribution in [0.25, 0.3) is 0 Å². The van der Waals surface area contributed by atoms with Crippen molar-refractivity contribution >= 4 is 0 Å². The zero-order valence-corrected chi connectivity index (χ0v) is 11.7. The summed E-state index contributed by atoms with van der Waals surface area (Å²) in [5, 5.41) is 0. The number of aromatic nitrogens is 1. The third-order valence-electron chi connectivity index (χ3n) is 2.99. The Balaban J connectivity index is 2.12. The van der Waals surface area contributed by atoms with Gasteiger partial charge in [0, 0.05) is 6.04 Å². The van der Waals surface area contributed by atoms with Gasteiger partial charge >= 0.3 is 0 Å². The second-order valence-corrected chi connectivity index (χ2v) is 4.82. The maximum absolute atomic E-state index is 5.74. The minimum absolute atomic E-state index is 0.0161. The third kappa shape index (κ3) is 6.01. The number of hydrogen-bond acceptors (Lipinski definition) is 3. The highest BCUT2D eigenvalue weighted by Gasteiger charge is 2.01. The van der Waals surface area contributed by atoms with Gasteiger partial charge in [-0.1, -0.05) is 39.0 Å². The summed E-state index contributed by atoms with van der Waals surface area (Å²) < 4.78 is 5.64. The van der Waals surface area contributed by atoms with Crippen LogP contribution in [0.4, 0.5) is 0 Å². The van der Waals surface area contributed by atoms with E-state index in [9.17, 15) is 0 Å². The van der Waals surface area contributed by atoms with Crippen LogP contribution in [0.3, 0.4) is 0 Å². The highest BCUT2D eigenvalue weighted by Crippen LogP contribution is 2.13. The van der Waals surface area contributed by atoms with E-state index < -0.39 is 0 Å². The molecule has 0 saturated carbocycles. The molecular formula is C15H26N2O. The van der Waals surface area contributed by atoms with E-state index >= 15 is 0 Å². The second-order valence-electron chi connectivity index (χ2n) is 4.82. The Bertz CT molecular complexity index is 309. The maximum Gasteiger partial charge on any atom is 0.137 e. The molecule has 1 unspecified atom stereocenters. The molecule has 1 heterocycles. The van der Waals surface area contributed by atoms with Crippen LogP contribution in [0.2, 0.25) is 0 Å². The Morgan fingerprint density at radius 1 is 1.17 bits per heavy atom. The number of rotatable bonds is 9. The SMILES string of the molecule is CCCCCCCCOc1ccc(C(C)N)nc1. The fourth-order valence-corrected chi connectivity index (χ4v) is 1.82. The highest BCUT2D eigenvalue weighted by atomic mass is 16.5. The summed E-state index contributed by atoms with van der Waals surface area (Å²) in [6, 6.07) is 3.86. The molecule has 0 fully saturated rings. The van der Waals surface area contributed by atoms with Crippen molar-refractivity contribution in [3.05, 3.63) is 24.0 Å². The van der Waals surface area contributed by atoms with Crippen molar-refractivity contribution in [3.63, 3.8) is 0 Å². The fourth-order valence-electron chi connectivity index (χ4n) is 1.82. The number of hydrogen-bond donors (Lipinski definition) is 1. The monoisotopic (exact) mass is 250 g/mol. The molecule has 1 aromatic heterocycles. The van der Waals surface area contributed by atoms with Gasteiger partial charge in [-0.3, -0.25) is 4.98 Å². The highest BCUT2D eigenvalue weighted by molar-refractivity contribution is 5.21. The van der Waals surface area contributed by atoms with E-state index in [2.05, 4.69) is 11.9 Å². The van der Waals surface area contributed by atoms with Crippen molar-refractivity contribution < 1.29 is 4.74 Å². The van der Waals surface area contributed by atoms with Crippen LogP contribution in [0.1, 0.15) is 64.1 Å². The number of nitrogens with zero attached hydrogens (tertiary/aromatic N) is 1. The molecule has 2 N–H and O–H groups in total. The normalized spacial score (nSPS) is 12.4. The average molecular weight is 250 g/mol. The summed E-state index contributed by atoms with van der Waals surface area (Å²) in [7, 11) is 0. The van der Waals surface area contributed by atoms with E-state index in [1.54, 1.807) is 6.20 Å². The number of pyridine rings is 1. The zero-order chi connectivity index (χ0) is 13.2. The first-order chi connectivity index (χ1) is 8.74. The van der Waals surface area contributed by atoms with E-state index in [0.717, 1.165) is 24.5 Å². The molecule has 0 spiro atoms. The molecule has 1 aromatic rings. The minimum atomic E-state index is -0.0161. The second kappa shape index (κ2) is 8.92. The standard InChI is InChI=1S/C15H26N2O/c1-3-4-5-6-7-8-11-18-14-9-10-15(13(2)16)17-12-14/h9-10,12-13H,3-8,11,16H2,1-2H3. The molecule has 0 aliphatic rings. The molecule has 1 atom stereocenters. The van der Waals surface area contributed by atoms with Crippen molar-refractivity contribution in [3.8, 4) is 5.75 Å². The molecule has 102 valence electrons. The average Bonchev–Trinajstić information content (AvgIpc) is 2.38. The van der Waals surface area contributed by atoms with Crippen molar-refractivity contribution in [2.45, 2.75) is 58.4 Å². The van der Waals surface area contributed by atoms with E-state index in [1.807, 2.05) is 19.1 Å². The summed E-state index contributed by atoms with van der Waals surface area (Å²) in [4.78, 5) is 4.27. The molecule has 0 saturated heterocycles. The van der Waals surface area contributed by atoms with Crippen LogP contribution >= 0.6 is 0 Å². The molecule has 0 amide bonds. The zero-order valence-electron chi connectivity index (χ0n) is 11.7. The van der Waals surface area contributed by atoms with E-state index in [-0.39, 0.29) is 6.04 Å². The third-order valence-corrected chi connectivity index (χ3v) is 2.99. The first-order valence-corrected chi connectivity index (χ1v) is 7.08. The molecular weight excluding hydrogens is 224 g/mol. The van der Waals surface area contributed by atoms with Crippen molar-refractivity contribution in [1.29, 1.82) is 0 Å². The van der Waals surface area contributed by atoms with E-state index in [4.69, 9.17) is 10.5 Å². The fraction of sp³-hybridized carbons (Fsp3) is 0.667. The van der Waals surface area contributed by atoms with Crippen molar-refractivity contribution in [1.82, 2.24) is 4.98 Å². The molecule has 18 heavy (non-hydrogen) atoms. The summed E-state index contributed by atoms with van der Waals surface area (Å²) in [6.45, 7) is 4.95. The molecule has 0 aliphatic heterocycles. The Kier molecular flexibility index (Phi) is 7.42. The van der Waals surface area contributed by atoms with E-state index in [0.29, 0.717) is 0 Å². The molecule has 1 rings (SSSR count). The van der Waals surface area contributed by atoms with Crippen LogP contribution in [0.15, 0.2) is 18.3 Å². The first kappa shape index (κ1) is 15.0. The molecule has 0 aromatic carbocycles. The Morgan fingerprint density at radius 2 is 1.89 bits per heavy atom. The van der Waals surface area contributed by atoms with Gasteiger partial charge in [-0.05, 0) is 25.5 Å². The van der Waals surface area contributed by atoms with Gasteiger partial charge in [-0.25, -0.2) is 0 Å². The Morgan fingerprint density at radius 3 is 2.50 bits per heavy atom. The van der Waals surface area contributed by atoms with Crippen LogP contribution in [-0.2, 0) is 0 Å². The van der Waals surface area contributed by atoms with Gasteiger partial charge in [0.1, 0.15) is 5.75 Å². The van der Waals surface area contributed by atoms with Gasteiger partial charge in [0.05, 0.1) is 18.5 Å². The van der Waals surface area contributed by atoms with Crippen molar-refractivity contribution in [2.75, 3.05) is 6.61 Å².